The Labute approximate surface area is 132 Å². The van der Waals surface area contributed by atoms with Gasteiger partial charge in [0.2, 0.25) is 0 Å². The van der Waals surface area contributed by atoms with Gasteiger partial charge in [0.25, 0.3) is 0 Å². The number of hydrogen-bond donors (Lipinski definition) is 0. The lowest BCUT2D eigenvalue weighted by Gasteiger charge is -2.31. The highest BCUT2D eigenvalue weighted by atomic mass is 79.9. The Balaban J connectivity index is 2.34. The van der Waals surface area contributed by atoms with Gasteiger partial charge in [0.05, 0.1) is 6.33 Å². The molecule has 2 aromatic carbocycles. The molecule has 0 aliphatic heterocycles. The molecule has 0 aliphatic rings. The Morgan fingerprint density at radius 3 is 1.90 bits per heavy atom. The van der Waals surface area contributed by atoms with Crippen molar-refractivity contribution < 1.29 is 0 Å². The average molecular weight is 337 g/mol. The number of aromatic nitrogens is 2. The van der Waals surface area contributed by atoms with Crippen LogP contribution in [0, 0.1) is 10.8 Å². The average Bonchev–Trinajstić information content (AvgIpc) is 3.09. The maximum atomic E-state index is 4.20. The summed E-state index contributed by atoms with van der Waals surface area (Å²) in [5.41, 5.74) is 1.60. The summed E-state index contributed by atoms with van der Waals surface area (Å²) in [6.07, 6.45) is 5.52. The number of benzene rings is 2. The molecule has 3 heteroatoms. The molecule has 0 N–H and O–H groups in total. The van der Waals surface area contributed by atoms with Crippen LogP contribution in [0.2, 0.25) is 0 Å². The molecule has 0 amide bonds. The monoisotopic (exact) mass is 336 g/mol. The molecular weight excluding hydrogens is 324 g/mol. The first-order chi connectivity index (χ1) is 10.4. The summed E-state index contributed by atoms with van der Waals surface area (Å²) in [4.78, 5) is 7.11. The van der Waals surface area contributed by atoms with Crippen LogP contribution < -0.4 is 0 Å². The fourth-order valence-electron chi connectivity index (χ4n) is 2.56. The van der Waals surface area contributed by atoms with Crippen molar-refractivity contribution in [3.8, 4) is 10.8 Å². The maximum absolute atomic E-state index is 4.20. The van der Waals surface area contributed by atoms with Crippen LogP contribution in [0.5, 0.6) is 0 Å². The van der Waals surface area contributed by atoms with E-state index in [2.05, 4.69) is 55.9 Å². The van der Waals surface area contributed by atoms with Crippen molar-refractivity contribution in [2.75, 3.05) is 0 Å². The third-order valence-corrected chi connectivity index (χ3v) is 3.70. The SMILES string of the molecule is BrC#CC(c1ccccc1)(c1ccccc1)n1ccnc1. The molecule has 0 unspecified atom stereocenters. The van der Waals surface area contributed by atoms with Gasteiger partial charge in [-0.15, -0.1) is 0 Å². The largest absolute Gasteiger partial charge is 0.312 e. The van der Waals surface area contributed by atoms with E-state index in [1.165, 1.54) is 0 Å². The lowest BCUT2D eigenvalue weighted by atomic mass is 9.83. The molecule has 0 aliphatic carbocycles. The predicted molar refractivity (Wildman–Crippen MR) is 88.0 cm³/mol. The molecule has 0 saturated carbocycles. The van der Waals surface area contributed by atoms with Crippen molar-refractivity contribution in [3.05, 3.63) is 90.5 Å². The fraction of sp³-hybridized carbons (Fsp3) is 0.0556. The fourth-order valence-corrected chi connectivity index (χ4v) is 2.85. The van der Waals surface area contributed by atoms with Gasteiger partial charge in [-0.2, -0.15) is 0 Å². The van der Waals surface area contributed by atoms with Crippen LogP contribution in [-0.4, -0.2) is 9.55 Å². The minimum absolute atomic E-state index is 0.595. The van der Waals surface area contributed by atoms with E-state index < -0.39 is 5.54 Å². The number of hydrogen-bond acceptors (Lipinski definition) is 1. The molecule has 0 fully saturated rings. The topological polar surface area (TPSA) is 17.8 Å². The highest BCUT2D eigenvalue weighted by molar-refractivity contribution is 9.12. The Morgan fingerprint density at radius 2 is 1.48 bits per heavy atom. The normalized spacial score (nSPS) is 10.7. The molecule has 1 aromatic heterocycles. The number of rotatable bonds is 3. The van der Waals surface area contributed by atoms with Gasteiger partial charge in [-0.05, 0) is 16.0 Å². The zero-order chi connectivity index (χ0) is 14.5. The summed E-state index contributed by atoms with van der Waals surface area (Å²) in [6.45, 7) is 0. The molecular formula is C18H13BrN2. The van der Waals surface area contributed by atoms with Crippen molar-refractivity contribution in [3.63, 3.8) is 0 Å². The smallest absolute Gasteiger partial charge is 0.158 e. The quantitative estimate of drug-likeness (QED) is 0.660. The first-order valence-electron chi connectivity index (χ1n) is 6.60. The van der Waals surface area contributed by atoms with E-state index in [1.54, 1.807) is 12.5 Å². The second-order valence-corrected chi connectivity index (χ2v) is 5.03. The van der Waals surface area contributed by atoms with Gasteiger partial charge < -0.3 is 4.57 Å². The predicted octanol–water partition coefficient (Wildman–Crippen LogP) is 4.03. The van der Waals surface area contributed by atoms with Crippen molar-refractivity contribution in [2.45, 2.75) is 5.54 Å². The molecule has 1 heterocycles. The van der Waals surface area contributed by atoms with Crippen LogP contribution in [0.1, 0.15) is 11.1 Å². The van der Waals surface area contributed by atoms with E-state index >= 15 is 0 Å². The molecule has 3 rings (SSSR count). The highest BCUT2D eigenvalue weighted by Crippen LogP contribution is 2.33. The van der Waals surface area contributed by atoms with Gasteiger partial charge in [-0.25, -0.2) is 4.98 Å². The van der Waals surface area contributed by atoms with Crippen LogP contribution in [0.3, 0.4) is 0 Å². The van der Waals surface area contributed by atoms with Gasteiger partial charge in [-0.3, -0.25) is 0 Å². The molecule has 0 spiro atoms. The van der Waals surface area contributed by atoms with Crippen LogP contribution >= 0.6 is 15.9 Å². The number of imidazole rings is 1. The van der Waals surface area contributed by atoms with Crippen LogP contribution in [0.4, 0.5) is 0 Å². The van der Waals surface area contributed by atoms with Crippen molar-refractivity contribution in [2.24, 2.45) is 0 Å². The molecule has 0 radical (unpaired) electrons. The third-order valence-electron chi connectivity index (χ3n) is 3.50. The van der Waals surface area contributed by atoms with E-state index in [9.17, 15) is 0 Å². The first-order valence-corrected chi connectivity index (χ1v) is 7.39. The summed E-state index contributed by atoms with van der Waals surface area (Å²) in [6, 6.07) is 20.5. The number of nitrogens with zero attached hydrogens (tertiary/aromatic N) is 2. The number of halogens is 1. The van der Waals surface area contributed by atoms with E-state index in [0.29, 0.717) is 0 Å². The summed E-state index contributed by atoms with van der Waals surface area (Å²) < 4.78 is 2.03. The van der Waals surface area contributed by atoms with E-state index in [0.717, 1.165) is 11.1 Å². The van der Waals surface area contributed by atoms with Crippen LogP contribution in [-0.2, 0) is 5.54 Å². The zero-order valence-corrected chi connectivity index (χ0v) is 12.9. The van der Waals surface area contributed by atoms with Crippen molar-refractivity contribution in [1.29, 1.82) is 0 Å². The second kappa shape index (κ2) is 5.99. The summed E-state index contributed by atoms with van der Waals surface area (Å²) in [7, 11) is 0. The van der Waals surface area contributed by atoms with Crippen molar-refractivity contribution >= 4 is 15.9 Å². The molecule has 0 bridgehead atoms. The van der Waals surface area contributed by atoms with Gasteiger partial charge in [0, 0.05) is 28.3 Å². The third kappa shape index (κ3) is 2.39. The Morgan fingerprint density at radius 1 is 0.905 bits per heavy atom. The van der Waals surface area contributed by atoms with E-state index in [4.69, 9.17) is 0 Å². The maximum Gasteiger partial charge on any atom is 0.158 e. The zero-order valence-electron chi connectivity index (χ0n) is 11.3. The summed E-state index contributed by atoms with van der Waals surface area (Å²) in [5.74, 6) is 3.32. The molecule has 21 heavy (non-hydrogen) atoms. The Hall–Kier alpha value is -2.31. The van der Waals surface area contributed by atoms with Gasteiger partial charge >= 0.3 is 0 Å². The summed E-state index contributed by atoms with van der Waals surface area (Å²) >= 11 is 3.27. The molecule has 102 valence electrons. The Bertz CT molecular complexity index is 714. The van der Waals surface area contributed by atoms with E-state index in [1.807, 2.05) is 47.2 Å². The minimum Gasteiger partial charge on any atom is -0.312 e. The standard InChI is InChI=1S/C18H13BrN2/c19-12-11-18(21-14-13-20-15-21,16-7-3-1-4-8-16)17-9-5-2-6-10-17/h1-10,13-15H. The molecule has 2 nitrogen and oxygen atoms in total. The molecule has 0 atom stereocenters. The Kier molecular flexibility index (Phi) is 3.89. The lowest BCUT2D eigenvalue weighted by Crippen LogP contribution is -2.34. The second-order valence-electron chi connectivity index (χ2n) is 4.63. The van der Waals surface area contributed by atoms with Crippen molar-refractivity contribution in [1.82, 2.24) is 9.55 Å². The molecule has 3 aromatic rings. The molecule has 0 saturated heterocycles. The van der Waals surface area contributed by atoms with Gasteiger partial charge in [0.15, 0.2) is 5.54 Å². The van der Waals surface area contributed by atoms with Gasteiger partial charge in [0.1, 0.15) is 0 Å². The summed E-state index contributed by atoms with van der Waals surface area (Å²) in [5, 5.41) is 0. The first kappa shape index (κ1) is 13.7. The lowest BCUT2D eigenvalue weighted by molar-refractivity contribution is 0.555. The van der Waals surface area contributed by atoms with Crippen LogP contribution in [0.25, 0.3) is 0 Å². The highest BCUT2D eigenvalue weighted by Gasteiger charge is 2.34. The van der Waals surface area contributed by atoms with E-state index in [-0.39, 0.29) is 0 Å². The van der Waals surface area contributed by atoms with Crippen LogP contribution in [0.15, 0.2) is 79.4 Å². The minimum atomic E-state index is -0.595. The van der Waals surface area contributed by atoms with Gasteiger partial charge in [-0.1, -0.05) is 66.6 Å².